The Morgan fingerprint density at radius 3 is 2.79 bits per heavy atom. The average Bonchev–Trinajstić information content (AvgIpc) is 3.28. The minimum Gasteiger partial charge on any atom is -0.494 e. The summed E-state index contributed by atoms with van der Waals surface area (Å²) < 4.78 is 7.18. The van der Waals surface area contributed by atoms with Crippen LogP contribution in [0, 0.1) is 22.7 Å². The number of hydrogen-bond acceptors (Lipinski definition) is 7. The van der Waals surface area contributed by atoms with Gasteiger partial charge in [0.1, 0.15) is 28.5 Å². The van der Waals surface area contributed by atoms with Crippen LogP contribution in [0.5, 0.6) is 5.75 Å². The number of anilines is 1. The van der Waals surface area contributed by atoms with Crippen LogP contribution in [0.25, 0.3) is 11.0 Å². The number of thiazole rings is 1. The average molecular weight is 409 g/mol. The second kappa shape index (κ2) is 9.09. The van der Waals surface area contributed by atoms with E-state index in [9.17, 15) is 4.79 Å². The lowest BCUT2D eigenvalue weighted by Crippen LogP contribution is -2.14. The number of imidazole rings is 1. The Balaban J connectivity index is 1.70. The molecule has 0 spiro atoms. The van der Waals surface area contributed by atoms with Crippen molar-refractivity contribution < 1.29 is 9.53 Å². The fraction of sp³-hybridized carbons (Fsp3) is 0.158. The smallest absolute Gasteiger partial charge is 0.234 e. The summed E-state index contributed by atoms with van der Waals surface area (Å²) in [5.74, 6) is 0.712. The fourth-order valence-corrected chi connectivity index (χ4v) is 3.95. The zero-order valence-corrected chi connectivity index (χ0v) is 16.5. The third kappa shape index (κ3) is 4.52. The molecule has 0 unspecified atom stereocenters. The summed E-state index contributed by atoms with van der Waals surface area (Å²) in [5, 5.41) is 23.3. The van der Waals surface area contributed by atoms with Crippen LogP contribution >= 0.6 is 23.1 Å². The summed E-state index contributed by atoms with van der Waals surface area (Å²) in [4.78, 5) is 17.5. The molecule has 0 saturated heterocycles. The van der Waals surface area contributed by atoms with Gasteiger partial charge in [0.25, 0.3) is 0 Å². The number of fused-ring (bicyclic) bond motifs is 1. The van der Waals surface area contributed by atoms with Gasteiger partial charge in [-0.1, -0.05) is 11.8 Å². The molecule has 0 aliphatic heterocycles. The van der Waals surface area contributed by atoms with E-state index in [1.165, 1.54) is 29.2 Å². The summed E-state index contributed by atoms with van der Waals surface area (Å²) in [7, 11) is 0. The molecule has 1 aromatic carbocycles. The number of benzene rings is 1. The Morgan fingerprint density at radius 1 is 1.36 bits per heavy atom. The Bertz CT molecular complexity index is 1080. The minimum atomic E-state index is -0.179. The number of nitrogens with one attached hydrogen (secondary N) is 1. The largest absolute Gasteiger partial charge is 0.494 e. The standard InChI is InChI=1S/C19H15N5O2S2/c1-2-26-15-5-3-14(4-6-15)22-17(25)12-28-18-16(9-13(10-20)11-21)24-7-8-27-19(24)23-18/h3-9H,2,12H2,1H3,(H,22,25). The minimum absolute atomic E-state index is 0.0197. The third-order valence-corrected chi connectivity index (χ3v) is 5.31. The lowest BCUT2D eigenvalue weighted by Gasteiger charge is -2.07. The summed E-state index contributed by atoms with van der Waals surface area (Å²) in [5.41, 5.74) is 1.28. The van der Waals surface area contributed by atoms with Gasteiger partial charge in [-0.3, -0.25) is 9.20 Å². The van der Waals surface area contributed by atoms with Crippen molar-refractivity contribution in [3.05, 3.63) is 47.1 Å². The van der Waals surface area contributed by atoms with Crippen LogP contribution in [0.3, 0.4) is 0 Å². The van der Waals surface area contributed by atoms with E-state index >= 15 is 0 Å². The second-order valence-corrected chi connectivity index (χ2v) is 7.27. The number of nitriles is 2. The van der Waals surface area contributed by atoms with Gasteiger partial charge < -0.3 is 10.1 Å². The van der Waals surface area contributed by atoms with Crippen molar-refractivity contribution in [1.29, 1.82) is 10.5 Å². The highest BCUT2D eigenvalue weighted by molar-refractivity contribution is 8.00. The van der Waals surface area contributed by atoms with Gasteiger partial charge in [-0.05, 0) is 37.3 Å². The first-order chi connectivity index (χ1) is 13.6. The Morgan fingerprint density at radius 2 is 2.11 bits per heavy atom. The number of rotatable bonds is 7. The van der Waals surface area contributed by atoms with Crippen LogP contribution < -0.4 is 10.1 Å². The van der Waals surface area contributed by atoms with Crippen LogP contribution in [-0.2, 0) is 4.79 Å². The molecule has 7 nitrogen and oxygen atoms in total. The molecule has 3 aromatic rings. The molecular formula is C19H15N5O2S2. The summed E-state index contributed by atoms with van der Waals surface area (Å²) in [6, 6.07) is 10.8. The highest BCUT2D eigenvalue weighted by Gasteiger charge is 2.15. The van der Waals surface area contributed by atoms with E-state index < -0.39 is 0 Å². The number of aromatic nitrogens is 2. The number of carbonyl (C=O) groups is 1. The number of ether oxygens (including phenoxy) is 1. The summed E-state index contributed by atoms with van der Waals surface area (Å²) in [6.45, 7) is 2.49. The van der Waals surface area contributed by atoms with Gasteiger partial charge in [0.2, 0.25) is 5.91 Å². The van der Waals surface area contributed by atoms with Crippen LogP contribution in [0.1, 0.15) is 12.6 Å². The van der Waals surface area contributed by atoms with Crippen LogP contribution in [0.2, 0.25) is 0 Å². The number of thioether (sulfide) groups is 1. The van der Waals surface area contributed by atoms with Crippen molar-refractivity contribution in [1.82, 2.24) is 9.38 Å². The predicted octanol–water partition coefficient (Wildman–Crippen LogP) is 3.96. The van der Waals surface area contributed by atoms with Crippen molar-refractivity contribution in [2.24, 2.45) is 0 Å². The van der Waals surface area contributed by atoms with Gasteiger partial charge in [-0.25, -0.2) is 4.98 Å². The van der Waals surface area contributed by atoms with Crippen molar-refractivity contribution in [3.63, 3.8) is 0 Å². The van der Waals surface area contributed by atoms with E-state index in [0.29, 0.717) is 23.0 Å². The number of carbonyl (C=O) groups excluding carboxylic acids is 1. The molecule has 9 heteroatoms. The van der Waals surface area contributed by atoms with Crippen LogP contribution in [0.4, 0.5) is 5.69 Å². The van der Waals surface area contributed by atoms with Crippen molar-refractivity contribution in [3.8, 4) is 17.9 Å². The highest BCUT2D eigenvalue weighted by Crippen LogP contribution is 2.28. The quantitative estimate of drug-likeness (QED) is 0.468. The Hall–Kier alpha value is -3.27. The van der Waals surface area contributed by atoms with Gasteiger partial charge in [0, 0.05) is 17.3 Å². The van der Waals surface area contributed by atoms with E-state index in [2.05, 4.69) is 10.3 Å². The third-order valence-electron chi connectivity index (χ3n) is 3.58. The van der Waals surface area contributed by atoms with E-state index in [1.54, 1.807) is 28.7 Å². The number of allylic oxidation sites excluding steroid dienone is 1. The van der Waals surface area contributed by atoms with Crippen molar-refractivity contribution >= 4 is 45.7 Å². The van der Waals surface area contributed by atoms with Gasteiger partial charge >= 0.3 is 0 Å². The van der Waals surface area contributed by atoms with E-state index in [4.69, 9.17) is 15.3 Å². The van der Waals surface area contributed by atoms with Crippen molar-refractivity contribution in [2.75, 3.05) is 17.7 Å². The molecule has 0 atom stereocenters. The highest BCUT2D eigenvalue weighted by atomic mass is 32.2. The Kier molecular flexibility index (Phi) is 6.33. The monoisotopic (exact) mass is 409 g/mol. The number of amides is 1. The first-order valence-corrected chi connectivity index (χ1v) is 10.1. The van der Waals surface area contributed by atoms with Crippen LogP contribution in [0.15, 0.2) is 46.4 Å². The van der Waals surface area contributed by atoms with Gasteiger partial charge in [-0.15, -0.1) is 11.3 Å². The zero-order chi connectivity index (χ0) is 19.9. The van der Waals surface area contributed by atoms with Gasteiger partial charge in [0.05, 0.1) is 18.1 Å². The molecule has 2 aromatic heterocycles. The van der Waals surface area contributed by atoms with E-state index in [1.807, 2.05) is 30.6 Å². The molecule has 3 rings (SSSR count). The molecule has 0 saturated carbocycles. The van der Waals surface area contributed by atoms with Gasteiger partial charge in [-0.2, -0.15) is 10.5 Å². The number of hydrogen-bond donors (Lipinski definition) is 1. The zero-order valence-electron chi connectivity index (χ0n) is 14.9. The SMILES string of the molecule is CCOc1ccc(NC(=O)CSc2nc3sccn3c2C=C(C#N)C#N)cc1. The molecule has 1 amide bonds. The molecule has 140 valence electrons. The van der Waals surface area contributed by atoms with Crippen LogP contribution in [-0.4, -0.2) is 27.7 Å². The topological polar surface area (TPSA) is 103 Å². The van der Waals surface area contributed by atoms with E-state index in [-0.39, 0.29) is 17.2 Å². The van der Waals surface area contributed by atoms with Gasteiger partial charge in [0.15, 0.2) is 4.96 Å². The first kappa shape index (κ1) is 19.5. The maximum Gasteiger partial charge on any atom is 0.234 e. The Labute approximate surface area is 169 Å². The normalized spacial score (nSPS) is 10.1. The molecule has 0 fully saturated rings. The lowest BCUT2D eigenvalue weighted by atomic mass is 10.2. The maximum absolute atomic E-state index is 12.3. The molecule has 0 aliphatic carbocycles. The molecule has 1 N–H and O–H groups in total. The number of nitrogens with zero attached hydrogens (tertiary/aromatic N) is 4. The predicted molar refractivity (Wildman–Crippen MR) is 109 cm³/mol. The molecule has 0 radical (unpaired) electrons. The summed E-state index contributed by atoms with van der Waals surface area (Å²) >= 11 is 2.69. The maximum atomic E-state index is 12.3. The van der Waals surface area contributed by atoms with Crippen molar-refractivity contribution in [2.45, 2.75) is 11.9 Å². The lowest BCUT2D eigenvalue weighted by molar-refractivity contribution is -0.113. The molecular weight excluding hydrogens is 394 g/mol. The summed E-state index contributed by atoms with van der Waals surface area (Å²) in [6.07, 6.45) is 3.30. The second-order valence-electron chi connectivity index (χ2n) is 5.43. The molecule has 28 heavy (non-hydrogen) atoms. The molecule has 0 bridgehead atoms. The molecule has 0 aliphatic rings. The first-order valence-electron chi connectivity index (χ1n) is 8.27. The van der Waals surface area contributed by atoms with E-state index in [0.717, 1.165) is 10.7 Å². The fourth-order valence-electron chi connectivity index (χ4n) is 2.38. The molecule has 2 heterocycles.